The van der Waals surface area contributed by atoms with Crippen LogP contribution in [-0.2, 0) is 42.3 Å². The molecular formula is C38H35BN2O9S2. The number of primary sulfonamides is 2. The average molecular weight is 739 g/mol. The van der Waals surface area contributed by atoms with E-state index < -0.39 is 26.0 Å². The van der Waals surface area contributed by atoms with Crippen molar-refractivity contribution in [1.29, 1.82) is 0 Å². The van der Waals surface area contributed by atoms with E-state index in [0.717, 1.165) is 11.1 Å². The molecular weight excluding hydrogens is 703 g/mol. The van der Waals surface area contributed by atoms with Crippen molar-refractivity contribution in [3.8, 4) is 11.1 Å². The third kappa shape index (κ3) is 10.1. The quantitative estimate of drug-likeness (QED) is 0.113. The second-order valence-electron chi connectivity index (χ2n) is 11.8. The van der Waals surface area contributed by atoms with Gasteiger partial charge in [0, 0.05) is 12.0 Å². The number of hydrogen-bond donors (Lipinski definition) is 2. The van der Waals surface area contributed by atoms with E-state index in [1.807, 2.05) is 12.1 Å². The molecule has 0 saturated carbocycles. The summed E-state index contributed by atoms with van der Waals surface area (Å²) in [6.45, 7) is 3.27. The van der Waals surface area contributed by atoms with Gasteiger partial charge in [-0.1, -0.05) is 54.6 Å². The minimum atomic E-state index is -3.79. The summed E-state index contributed by atoms with van der Waals surface area (Å²) in [5.41, 5.74) is 5.88. The van der Waals surface area contributed by atoms with Crippen molar-refractivity contribution in [1.82, 2.24) is 0 Å². The summed E-state index contributed by atoms with van der Waals surface area (Å²) in [7, 11) is -5.50. The fraction of sp³-hybridized carbons (Fsp3) is 0.132. The van der Waals surface area contributed by atoms with E-state index in [-0.39, 0.29) is 34.2 Å². The van der Waals surface area contributed by atoms with Crippen LogP contribution in [0.15, 0.2) is 119 Å². The van der Waals surface area contributed by atoms with Crippen molar-refractivity contribution in [2.45, 2.75) is 36.5 Å². The molecule has 0 saturated heterocycles. The molecule has 52 heavy (non-hydrogen) atoms. The first-order valence-electron chi connectivity index (χ1n) is 15.7. The van der Waals surface area contributed by atoms with Crippen LogP contribution in [0, 0.1) is 13.8 Å². The van der Waals surface area contributed by atoms with Crippen molar-refractivity contribution in [3.05, 3.63) is 148 Å². The van der Waals surface area contributed by atoms with Gasteiger partial charge in [-0.05, 0) is 41.3 Å². The summed E-state index contributed by atoms with van der Waals surface area (Å²) in [5, 5.41) is 10.3. The molecule has 5 aromatic rings. The van der Waals surface area contributed by atoms with E-state index in [0.29, 0.717) is 51.6 Å². The number of aryl methyl sites for hydroxylation is 2. The standard InChI is InChI=1S/C23H21NO5S.C15H14BNO4S/c1-15-13-16(7-12-22(15)30(24,27)28)14-21(25)18-10-8-17(9-11-18)19-5-3-4-6-20(19)23(26)29-2;1-10-8-11(2-7-15(10)22(17,20)21)9-14(18)12-3-5-13(16-19)6-4-12/h3-13H,14H2,1-2H3,(H2,24,27,28);2-8H,9H2,1H3,(H2,17,20,21). The molecule has 14 heteroatoms. The summed E-state index contributed by atoms with van der Waals surface area (Å²) in [6, 6.07) is 29.7. The predicted molar refractivity (Wildman–Crippen MR) is 197 cm³/mol. The Labute approximate surface area is 303 Å². The molecule has 0 radical (unpaired) electrons. The Morgan fingerprint density at radius 3 is 1.48 bits per heavy atom. The van der Waals surface area contributed by atoms with Gasteiger partial charge in [0.15, 0.2) is 5.78 Å². The Kier molecular flexibility index (Phi) is 12.7. The van der Waals surface area contributed by atoms with Crippen molar-refractivity contribution in [3.63, 3.8) is 0 Å². The van der Waals surface area contributed by atoms with Crippen molar-refractivity contribution >= 4 is 50.2 Å². The molecule has 0 aromatic heterocycles. The first-order chi connectivity index (χ1) is 24.5. The van der Waals surface area contributed by atoms with Crippen LogP contribution in [0.2, 0.25) is 0 Å². The fourth-order valence-electron chi connectivity index (χ4n) is 5.46. The summed E-state index contributed by atoms with van der Waals surface area (Å²) in [6.07, 6.45) is 0.274. The number of carbonyl (C=O) groups is 3. The Balaban J connectivity index is 0.000000244. The monoisotopic (exact) mass is 738 g/mol. The molecule has 0 bridgehead atoms. The number of esters is 1. The van der Waals surface area contributed by atoms with Crippen LogP contribution in [-0.4, -0.2) is 48.6 Å². The maximum atomic E-state index is 12.7. The number of ether oxygens (including phenoxy) is 1. The Bertz CT molecular complexity index is 2380. The van der Waals surface area contributed by atoms with Crippen LogP contribution in [0.3, 0.4) is 0 Å². The molecule has 5 aromatic carbocycles. The van der Waals surface area contributed by atoms with Gasteiger partial charge in [0.2, 0.25) is 10.0 Å². The van der Waals surface area contributed by atoms with Gasteiger partial charge >= 0.3 is 135 Å². The molecule has 0 amide bonds. The zero-order valence-corrected chi connectivity index (χ0v) is 30.2. The molecule has 0 spiro atoms. The van der Waals surface area contributed by atoms with E-state index >= 15 is 0 Å². The van der Waals surface area contributed by atoms with E-state index in [1.165, 1.54) is 19.2 Å². The van der Waals surface area contributed by atoms with Gasteiger partial charge in [0.1, 0.15) is 0 Å². The molecule has 0 atom stereocenters. The SMILES string of the molecule is COC(=O)c1ccccc1-c1ccc(C(=O)Cc2ccc(S(N)(=O)=O)c(C)c2)cc1.Cc1cc(CC(=O)c2ccc(B=O)cc2)ccc1S(N)(=O)=O. The van der Waals surface area contributed by atoms with Gasteiger partial charge in [0.05, 0.1) is 17.6 Å². The van der Waals surface area contributed by atoms with Gasteiger partial charge in [0.25, 0.3) is 0 Å². The molecule has 0 aliphatic carbocycles. The second kappa shape index (κ2) is 16.7. The number of Topliss-reactive ketones (excluding diaryl/α,β-unsaturated/α-hetero) is 2. The number of rotatable bonds is 11. The Morgan fingerprint density at radius 1 is 0.635 bits per heavy atom. The predicted octanol–water partition coefficient (Wildman–Crippen LogP) is 4.26. The minimum absolute atomic E-state index is 0.0484. The van der Waals surface area contributed by atoms with Crippen LogP contribution in [0.1, 0.15) is 53.3 Å². The number of nitrogens with two attached hydrogens (primary N) is 2. The molecule has 0 heterocycles. The first kappa shape index (κ1) is 39.4. The normalized spacial score (nSPS) is 11.1. The molecule has 0 fully saturated rings. The summed E-state index contributed by atoms with van der Waals surface area (Å²) < 4.78 is 61.2. The number of methoxy groups -OCH3 is 1. The van der Waals surface area contributed by atoms with E-state index in [4.69, 9.17) is 15.0 Å². The van der Waals surface area contributed by atoms with Crippen molar-refractivity contribution in [2.75, 3.05) is 7.11 Å². The van der Waals surface area contributed by atoms with Gasteiger partial charge in [-0.2, -0.15) is 0 Å². The van der Waals surface area contributed by atoms with Gasteiger partial charge < -0.3 is 4.74 Å². The third-order valence-corrected chi connectivity index (χ3v) is 10.2. The zero-order chi connectivity index (χ0) is 38.2. The van der Waals surface area contributed by atoms with Crippen LogP contribution in [0.25, 0.3) is 11.1 Å². The summed E-state index contributed by atoms with van der Waals surface area (Å²) in [5.74, 6) is -0.644. The number of benzene rings is 5. The third-order valence-electron chi connectivity index (χ3n) is 8.04. The topological polar surface area (TPSA) is 198 Å². The number of carbonyl (C=O) groups excluding carboxylic acids is 3. The number of hydrogen-bond acceptors (Lipinski definition) is 9. The second-order valence-corrected chi connectivity index (χ2v) is 14.9. The van der Waals surface area contributed by atoms with Crippen LogP contribution >= 0.6 is 0 Å². The van der Waals surface area contributed by atoms with Crippen LogP contribution in [0.5, 0.6) is 0 Å². The van der Waals surface area contributed by atoms with Gasteiger partial charge in [-0.15, -0.1) is 0 Å². The van der Waals surface area contributed by atoms with Gasteiger partial charge in [-0.25, -0.2) is 18.4 Å². The molecule has 0 aliphatic rings. The summed E-state index contributed by atoms with van der Waals surface area (Å²) in [4.78, 5) is 36.9. The molecule has 266 valence electrons. The van der Waals surface area contributed by atoms with E-state index in [2.05, 4.69) is 0 Å². The van der Waals surface area contributed by atoms with Crippen LogP contribution in [0.4, 0.5) is 0 Å². The van der Waals surface area contributed by atoms with Crippen LogP contribution < -0.4 is 15.7 Å². The zero-order valence-electron chi connectivity index (χ0n) is 28.5. The number of sulfonamides is 2. The molecule has 0 aliphatic heterocycles. The van der Waals surface area contributed by atoms with Gasteiger partial charge in [-0.3, -0.25) is 4.79 Å². The Hall–Kier alpha value is -5.41. The van der Waals surface area contributed by atoms with Crippen molar-refractivity contribution in [2.24, 2.45) is 10.3 Å². The molecule has 0 unspecified atom stereocenters. The van der Waals surface area contributed by atoms with Crippen molar-refractivity contribution < 1.29 is 40.7 Å². The van der Waals surface area contributed by atoms with E-state index in [1.54, 1.807) is 98.8 Å². The first-order valence-corrected chi connectivity index (χ1v) is 18.7. The molecule has 5 rings (SSSR count). The summed E-state index contributed by atoms with van der Waals surface area (Å²) >= 11 is 0. The maximum absolute atomic E-state index is 12.7. The molecule has 4 N–H and O–H groups in total. The average Bonchev–Trinajstić information content (AvgIpc) is 3.10. The fourth-order valence-corrected chi connectivity index (χ4v) is 6.99. The molecule has 11 nitrogen and oxygen atoms in total. The Morgan fingerprint density at radius 2 is 1.08 bits per heavy atom. The number of ketones is 2. The van der Waals surface area contributed by atoms with E-state index in [9.17, 15) is 35.9 Å².